The van der Waals surface area contributed by atoms with Gasteiger partial charge in [0.15, 0.2) is 0 Å². The molecule has 0 aliphatic rings. The van der Waals surface area contributed by atoms with Crippen LogP contribution in [0, 0.1) is 10.1 Å². The molecule has 0 aliphatic heterocycles. The largest absolute Gasteiger partial charge is 0.631 e. The Kier molecular flexibility index (Phi) is 6.44. The van der Waals surface area contributed by atoms with Crippen LogP contribution in [0.3, 0.4) is 0 Å². The van der Waals surface area contributed by atoms with Crippen LogP contribution < -0.4 is 0 Å². The third-order valence-electron chi connectivity index (χ3n) is 1.17. The maximum atomic E-state index is 10.8. The van der Waals surface area contributed by atoms with E-state index < -0.39 is 18.4 Å². The van der Waals surface area contributed by atoms with E-state index in [0.29, 0.717) is 0 Å². The number of benzene rings is 1. The SMILES string of the molecule is O=C(O[N+](=O)[O-])c1ccccc1.OB(O)O. The van der Waals surface area contributed by atoms with E-state index in [1.807, 2.05) is 0 Å². The first-order valence-electron chi connectivity index (χ1n) is 3.89. The summed E-state index contributed by atoms with van der Waals surface area (Å²) in [7, 11) is -2.17. The Hall–Kier alpha value is -1.97. The first-order valence-corrected chi connectivity index (χ1v) is 3.89. The van der Waals surface area contributed by atoms with E-state index in [2.05, 4.69) is 4.84 Å². The Bertz CT molecular complexity index is 339. The lowest BCUT2D eigenvalue weighted by Crippen LogP contribution is -2.09. The van der Waals surface area contributed by atoms with E-state index in [1.54, 1.807) is 18.2 Å². The maximum absolute atomic E-state index is 10.8. The van der Waals surface area contributed by atoms with Crippen molar-refractivity contribution in [1.29, 1.82) is 0 Å². The monoisotopic (exact) mass is 229 g/mol. The summed E-state index contributed by atoms with van der Waals surface area (Å²) in [6, 6.07) is 7.76. The average Bonchev–Trinajstić information content (AvgIpc) is 2.17. The third kappa shape index (κ3) is 7.44. The molecule has 0 heterocycles. The van der Waals surface area contributed by atoms with Gasteiger partial charge in [-0.3, -0.25) is 4.79 Å². The smallest absolute Gasteiger partial charge is 0.402 e. The molecule has 0 saturated heterocycles. The van der Waals surface area contributed by atoms with Gasteiger partial charge in [-0.15, -0.1) is 10.1 Å². The third-order valence-corrected chi connectivity index (χ3v) is 1.17. The maximum Gasteiger partial charge on any atom is 0.631 e. The Morgan fingerprint density at radius 1 is 1.25 bits per heavy atom. The summed E-state index contributed by atoms with van der Waals surface area (Å²) in [6.07, 6.45) is 0. The van der Waals surface area contributed by atoms with Gasteiger partial charge in [-0.25, -0.2) is 4.84 Å². The van der Waals surface area contributed by atoms with Gasteiger partial charge in [-0.1, -0.05) is 18.2 Å². The van der Waals surface area contributed by atoms with Crippen LogP contribution in [0.25, 0.3) is 0 Å². The van der Waals surface area contributed by atoms with E-state index in [-0.39, 0.29) is 5.56 Å². The normalized spacial score (nSPS) is 8.44. The van der Waals surface area contributed by atoms with Gasteiger partial charge in [0.2, 0.25) is 0 Å². The molecule has 0 radical (unpaired) electrons. The van der Waals surface area contributed by atoms with E-state index in [1.165, 1.54) is 12.1 Å². The highest BCUT2D eigenvalue weighted by molar-refractivity contribution is 6.30. The number of carbonyl (C=O) groups excluding carboxylic acids is 1. The Labute approximate surface area is 90.0 Å². The standard InChI is InChI=1S/C7H5NO4.BH3O3/c9-7(12-8(10)11)6-4-2-1-3-5-6;2-1(3)4/h1-5H;2-4H. The van der Waals surface area contributed by atoms with Crippen molar-refractivity contribution in [3.8, 4) is 0 Å². The lowest BCUT2D eigenvalue weighted by atomic mass is 10.2. The van der Waals surface area contributed by atoms with Crippen LogP contribution in [0.1, 0.15) is 10.4 Å². The molecule has 0 bridgehead atoms. The van der Waals surface area contributed by atoms with Crippen LogP contribution in [-0.2, 0) is 4.84 Å². The van der Waals surface area contributed by atoms with Gasteiger partial charge < -0.3 is 15.1 Å². The van der Waals surface area contributed by atoms with Crippen molar-refractivity contribution in [3.63, 3.8) is 0 Å². The molecular weight excluding hydrogens is 221 g/mol. The van der Waals surface area contributed by atoms with Gasteiger partial charge in [0.25, 0.3) is 0 Å². The number of rotatable bonds is 2. The first-order chi connectivity index (χ1) is 7.43. The van der Waals surface area contributed by atoms with E-state index >= 15 is 0 Å². The zero-order valence-corrected chi connectivity index (χ0v) is 7.89. The van der Waals surface area contributed by atoms with E-state index in [0.717, 1.165) is 0 Å². The van der Waals surface area contributed by atoms with Gasteiger partial charge in [-0.05, 0) is 12.1 Å². The zero-order valence-electron chi connectivity index (χ0n) is 7.89. The summed E-state index contributed by atoms with van der Waals surface area (Å²) in [5, 5.41) is 30.1. The second kappa shape index (κ2) is 7.34. The molecule has 0 atom stereocenters. The van der Waals surface area contributed by atoms with Gasteiger partial charge in [0.1, 0.15) is 0 Å². The predicted octanol–water partition coefficient (Wildman–Crippen LogP) is -1.02. The molecule has 0 unspecified atom stereocenters. The second-order valence-electron chi connectivity index (χ2n) is 2.31. The van der Waals surface area contributed by atoms with E-state index in [9.17, 15) is 14.9 Å². The highest BCUT2D eigenvalue weighted by Gasteiger charge is 2.08. The molecule has 0 spiro atoms. The van der Waals surface area contributed by atoms with Crippen LogP contribution >= 0.6 is 0 Å². The van der Waals surface area contributed by atoms with Crippen molar-refractivity contribution < 1.29 is 29.8 Å². The second-order valence-corrected chi connectivity index (χ2v) is 2.31. The minimum absolute atomic E-state index is 0.161. The molecule has 1 rings (SSSR count). The quantitative estimate of drug-likeness (QED) is 0.336. The predicted molar refractivity (Wildman–Crippen MR) is 51.3 cm³/mol. The number of nitrogens with zero attached hydrogens (tertiary/aromatic N) is 1. The number of hydrogen-bond donors (Lipinski definition) is 3. The molecule has 0 saturated carbocycles. The molecule has 8 nitrogen and oxygen atoms in total. The van der Waals surface area contributed by atoms with Gasteiger partial charge in [0, 0.05) is 5.56 Å². The van der Waals surface area contributed by atoms with Gasteiger partial charge >= 0.3 is 18.4 Å². The summed E-state index contributed by atoms with van der Waals surface area (Å²) >= 11 is 0. The minimum atomic E-state index is -2.17. The fourth-order valence-corrected chi connectivity index (χ4v) is 0.695. The summed E-state index contributed by atoms with van der Waals surface area (Å²) in [5.74, 6) is -0.958. The van der Waals surface area contributed by atoms with Crippen molar-refractivity contribution in [3.05, 3.63) is 46.0 Å². The number of carbonyl (C=O) groups is 1. The summed E-state index contributed by atoms with van der Waals surface area (Å²) in [4.78, 5) is 24.3. The molecule has 0 aromatic heterocycles. The van der Waals surface area contributed by atoms with E-state index in [4.69, 9.17) is 15.1 Å². The average molecular weight is 229 g/mol. The summed E-state index contributed by atoms with van der Waals surface area (Å²) in [6.45, 7) is 0. The van der Waals surface area contributed by atoms with Crippen LogP contribution in [0.15, 0.2) is 30.3 Å². The lowest BCUT2D eigenvalue weighted by Gasteiger charge is -1.95. The molecular formula is C7H8BNO7. The fourth-order valence-electron chi connectivity index (χ4n) is 0.695. The van der Waals surface area contributed by atoms with Gasteiger partial charge in [-0.2, -0.15) is 0 Å². The molecule has 3 N–H and O–H groups in total. The topological polar surface area (TPSA) is 130 Å². The highest BCUT2D eigenvalue weighted by atomic mass is 17.0. The van der Waals surface area contributed by atoms with Crippen molar-refractivity contribution in [1.82, 2.24) is 0 Å². The van der Waals surface area contributed by atoms with Crippen LogP contribution in [0.2, 0.25) is 0 Å². The number of hydrogen-bond acceptors (Lipinski definition) is 7. The molecule has 0 aliphatic carbocycles. The lowest BCUT2D eigenvalue weighted by molar-refractivity contribution is -0.727. The van der Waals surface area contributed by atoms with Crippen molar-refractivity contribution >= 4 is 13.3 Å². The molecule has 16 heavy (non-hydrogen) atoms. The van der Waals surface area contributed by atoms with Crippen LogP contribution in [0.4, 0.5) is 0 Å². The zero-order chi connectivity index (χ0) is 12.6. The van der Waals surface area contributed by atoms with Crippen LogP contribution in [0.5, 0.6) is 0 Å². The van der Waals surface area contributed by atoms with Crippen molar-refractivity contribution in [2.45, 2.75) is 0 Å². The summed E-state index contributed by atoms with van der Waals surface area (Å²) in [5.41, 5.74) is 0.161. The Morgan fingerprint density at radius 3 is 2.06 bits per heavy atom. The Balaban J connectivity index is 0.000000487. The molecule has 0 amide bonds. The molecule has 86 valence electrons. The molecule has 1 aromatic rings. The van der Waals surface area contributed by atoms with Crippen LogP contribution in [-0.4, -0.2) is 33.4 Å². The van der Waals surface area contributed by atoms with Gasteiger partial charge in [0.05, 0.1) is 0 Å². The minimum Gasteiger partial charge on any atom is -0.402 e. The highest BCUT2D eigenvalue weighted by Crippen LogP contribution is 2.00. The Morgan fingerprint density at radius 2 is 1.69 bits per heavy atom. The molecule has 9 heteroatoms. The molecule has 0 fully saturated rings. The van der Waals surface area contributed by atoms with Crippen molar-refractivity contribution in [2.75, 3.05) is 0 Å². The summed E-state index contributed by atoms with van der Waals surface area (Å²) < 4.78 is 0. The van der Waals surface area contributed by atoms with Crippen molar-refractivity contribution in [2.24, 2.45) is 0 Å². The molecule has 1 aromatic carbocycles. The first kappa shape index (κ1) is 14.0. The fraction of sp³-hybridized carbons (Fsp3) is 0.